The Kier molecular flexibility index (Phi) is 11.8. The normalized spacial score (nSPS) is 15.7. The van der Waals surface area contributed by atoms with Gasteiger partial charge >= 0.3 is 10.3 Å². The maximum Gasteiger partial charge on any atom is 0.362 e. The Morgan fingerprint density at radius 1 is 0.705 bits per heavy atom. The van der Waals surface area contributed by atoms with E-state index in [9.17, 15) is 22.6 Å². The van der Waals surface area contributed by atoms with Gasteiger partial charge in [-0.25, -0.2) is 9.29 Å². The molecule has 1 aromatic heterocycles. The summed E-state index contributed by atoms with van der Waals surface area (Å²) in [5.41, 5.74) is 2.32. The summed E-state index contributed by atoms with van der Waals surface area (Å²) in [6, 6.07) is 55.5. The lowest BCUT2D eigenvalue weighted by molar-refractivity contribution is -0.143. The lowest BCUT2D eigenvalue weighted by Crippen LogP contribution is -2.73. The molecular weight excluding hydrogens is 830 g/mol. The summed E-state index contributed by atoms with van der Waals surface area (Å²) in [5.74, 6) is -2.36. The van der Waals surface area contributed by atoms with E-state index in [2.05, 4.69) is 15.8 Å². The molecule has 11 nitrogen and oxygen atoms in total. The van der Waals surface area contributed by atoms with Crippen molar-refractivity contribution < 1.29 is 27.4 Å². The van der Waals surface area contributed by atoms with Crippen LogP contribution >= 0.6 is 22.9 Å². The van der Waals surface area contributed by atoms with E-state index in [-0.39, 0.29) is 15.7 Å². The fourth-order valence-electron chi connectivity index (χ4n) is 7.70. The Morgan fingerprint density at radius 3 is 1.48 bits per heavy atom. The van der Waals surface area contributed by atoms with E-state index in [1.54, 1.807) is 5.38 Å². The summed E-state index contributed by atoms with van der Waals surface area (Å²) in [7, 11) is -4.95. The number of benzene rings is 6. The average Bonchev–Trinajstić information content (AvgIpc) is 3.77. The highest BCUT2D eigenvalue weighted by molar-refractivity contribution is 7.84. The van der Waals surface area contributed by atoms with Gasteiger partial charge in [0.25, 0.3) is 11.8 Å². The molecule has 2 amide bonds. The molecule has 1 aliphatic heterocycles. The first-order chi connectivity index (χ1) is 29.7. The van der Waals surface area contributed by atoms with Crippen LogP contribution < -0.4 is 10.6 Å². The molecule has 6 aromatic carbocycles. The van der Waals surface area contributed by atoms with Crippen LogP contribution in [0.15, 0.2) is 193 Å². The number of alkyl halides is 1. The van der Waals surface area contributed by atoms with Crippen molar-refractivity contribution in [3.8, 4) is 0 Å². The molecular formula is C47H38ClN5O6S2. The van der Waals surface area contributed by atoms with Crippen LogP contribution in [0, 0.1) is 0 Å². The largest absolute Gasteiger partial charge is 0.374 e. The Morgan fingerprint density at radius 2 is 1.10 bits per heavy atom. The third-order valence-electron chi connectivity index (χ3n) is 10.6. The first-order valence-electron chi connectivity index (χ1n) is 19.2. The summed E-state index contributed by atoms with van der Waals surface area (Å²) in [6.07, 6.45) is 0. The van der Waals surface area contributed by atoms with Gasteiger partial charge in [0.05, 0.1) is 6.04 Å². The molecule has 8 rings (SSSR count). The summed E-state index contributed by atoms with van der Waals surface area (Å²) in [5, 5.41) is 13.0. The third-order valence-corrected chi connectivity index (χ3v) is 12.6. The van der Waals surface area contributed by atoms with Crippen molar-refractivity contribution in [2.24, 2.45) is 5.16 Å². The number of aromatic nitrogens is 1. The van der Waals surface area contributed by atoms with Crippen molar-refractivity contribution in [2.75, 3.05) is 11.2 Å². The fourth-order valence-corrected chi connectivity index (χ4v) is 9.73. The zero-order valence-electron chi connectivity index (χ0n) is 32.3. The number of oxime groups is 1. The van der Waals surface area contributed by atoms with Crippen LogP contribution in [0.25, 0.3) is 0 Å². The van der Waals surface area contributed by atoms with Crippen LogP contribution in [0.1, 0.15) is 39.1 Å². The van der Waals surface area contributed by atoms with Crippen molar-refractivity contribution in [3.63, 3.8) is 0 Å². The standard InChI is InChI=1S/C47H38ClN5O6S2/c48-31-40-42(44(55)53(40)61(56,57)58)50-43(54)41(52-59-47(36-25-13-4-14-26-36,37-27-15-5-16-28-37)38-29-17-6-18-30-38)39-32-60-45(49-39)51-46(33-19-7-1-8-20-33,34-21-9-2-10-22-34)35-23-11-3-12-24-35/h1-30,32,40,42H,31H2,(H,49,51)(H,50,54)(H,56,57,58)/b52-41+. The van der Waals surface area contributed by atoms with Gasteiger partial charge < -0.3 is 15.5 Å². The summed E-state index contributed by atoms with van der Waals surface area (Å²) in [6.45, 7) is 0. The molecule has 0 aliphatic carbocycles. The van der Waals surface area contributed by atoms with Crippen molar-refractivity contribution >= 4 is 55.9 Å². The lowest BCUT2D eigenvalue weighted by Gasteiger charge is -2.43. The number of hydrogen-bond donors (Lipinski definition) is 3. The number of β-lactam (4-membered cyclic amide) rings is 1. The van der Waals surface area contributed by atoms with E-state index in [1.807, 2.05) is 182 Å². The quantitative estimate of drug-likeness (QED) is 0.0235. The fraction of sp³-hybridized carbons (Fsp3) is 0.106. The minimum Gasteiger partial charge on any atom is -0.374 e. The van der Waals surface area contributed by atoms with Crippen molar-refractivity contribution in [1.82, 2.24) is 14.6 Å². The van der Waals surface area contributed by atoms with Gasteiger partial charge in [0, 0.05) is 28.0 Å². The molecule has 0 bridgehead atoms. The number of thiazole rings is 1. The van der Waals surface area contributed by atoms with Gasteiger partial charge in [-0.2, -0.15) is 8.42 Å². The molecule has 0 saturated carbocycles. The number of anilines is 1. The molecule has 3 N–H and O–H groups in total. The number of nitrogens with one attached hydrogen (secondary N) is 2. The summed E-state index contributed by atoms with van der Waals surface area (Å²) < 4.78 is 34.1. The predicted octanol–water partition coefficient (Wildman–Crippen LogP) is 8.00. The molecule has 2 atom stereocenters. The topological polar surface area (TPSA) is 150 Å². The number of carbonyl (C=O) groups excluding carboxylic acids is 2. The van der Waals surface area contributed by atoms with Crippen LogP contribution in [-0.2, 0) is 35.9 Å². The Bertz CT molecular complexity index is 2550. The second-order valence-corrected chi connectivity index (χ2v) is 16.6. The minimum atomic E-state index is -4.95. The lowest BCUT2D eigenvalue weighted by atomic mass is 9.77. The Labute approximate surface area is 362 Å². The molecule has 7 aromatic rings. The van der Waals surface area contributed by atoms with Gasteiger partial charge in [-0.15, -0.1) is 22.9 Å². The molecule has 0 radical (unpaired) electrons. The molecule has 1 fully saturated rings. The van der Waals surface area contributed by atoms with Gasteiger partial charge in [0.15, 0.2) is 10.8 Å². The monoisotopic (exact) mass is 867 g/mol. The molecule has 2 unspecified atom stereocenters. The highest BCUT2D eigenvalue weighted by atomic mass is 35.5. The number of hydrogen-bond acceptors (Lipinski definition) is 9. The molecule has 1 aliphatic rings. The van der Waals surface area contributed by atoms with Crippen molar-refractivity contribution in [2.45, 2.75) is 23.2 Å². The van der Waals surface area contributed by atoms with E-state index < -0.39 is 51.2 Å². The van der Waals surface area contributed by atoms with Gasteiger partial charge in [0.1, 0.15) is 17.3 Å². The van der Waals surface area contributed by atoms with Crippen LogP contribution in [0.5, 0.6) is 0 Å². The Balaban J connectivity index is 1.27. The van der Waals surface area contributed by atoms with Gasteiger partial charge in [-0.1, -0.05) is 187 Å². The van der Waals surface area contributed by atoms with Crippen LogP contribution in [0.3, 0.4) is 0 Å². The highest BCUT2D eigenvalue weighted by Crippen LogP contribution is 2.42. The van der Waals surface area contributed by atoms with E-state index in [4.69, 9.17) is 21.4 Å². The number of amides is 2. The molecule has 306 valence electrons. The molecule has 1 saturated heterocycles. The van der Waals surface area contributed by atoms with Crippen molar-refractivity contribution in [1.29, 1.82) is 0 Å². The third kappa shape index (κ3) is 7.91. The number of rotatable bonds is 15. The Hall–Kier alpha value is -6.64. The average molecular weight is 868 g/mol. The predicted molar refractivity (Wildman–Crippen MR) is 237 cm³/mol. The minimum absolute atomic E-state index is 0.0944. The number of carbonyl (C=O) groups is 2. The first-order valence-corrected chi connectivity index (χ1v) is 22.0. The van der Waals surface area contributed by atoms with Crippen LogP contribution in [-0.4, -0.2) is 57.7 Å². The molecule has 0 spiro atoms. The second kappa shape index (κ2) is 17.5. The number of nitrogens with zero attached hydrogens (tertiary/aromatic N) is 3. The molecule has 14 heteroatoms. The number of halogens is 1. The SMILES string of the molecule is O=C(NC1C(=O)N(S(=O)(=O)O)C1CCl)/C(=N/OC(c1ccccc1)(c1ccccc1)c1ccccc1)c1csc(NC(c2ccccc2)(c2ccccc2)c2ccccc2)n1. The van der Waals surface area contributed by atoms with Crippen LogP contribution in [0.4, 0.5) is 5.13 Å². The van der Waals surface area contributed by atoms with E-state index in [0.29, 0.717) is 21.8 Å². The maximum atomic E-state index is 14.6. The smallest absolute Gasteiger partial charge is 0.362 e. The van der Waals surface area contributed by atoms with E-state index in [0.717, 1.165) is 16.7 Å². The van der Waals surface area contributed by atoms with Crippen LogP contribution in [0.2, 0.25) is 0 Å². The maximum absolute atomic E-state index is 14.6. The highest BCUT2D eigenvalue weighted by Gasteiger charge is 2.54. The zero-order chi connectivity index (χ0) is 42.5. The van der Waals surface area contributed by atoms with E-state index in [1.165, 1.54) is 11.3 Å². The zero-order valence-corrected chi connectivity index (χ0v) is 34.7. The van der Waals surface area contributed by atoms with E-state index >= 15 is 0 Å². The van der Waals surface area contributed by atoms with Gasteiger partial charge in [0.2, 0.25) is 5.60 Å². The molecule has 61 heavy (non-hydrogen) atoms. The molecule has 2 heterocycles. The van der Waals surface area contributed by atoms with Gasteiger partial charge in [-0.05, 0) is 16.7 Å². The first kappa shape index (κ1) is 41.1. The second-order valence-electron chi connectivity index (χ2n) is 14.1. The van der Waals surface area contributed by atoms with Gasteiger partial charge in [-0.3, -0.25) is 14.1 Å². The summed E-state index contributed by atoms with van der Waals surface area (Å²) >= 11 is 7.32. The summed E-state index contributed by atoms with van der Waals surface area (Å²) in [4.78, 5) is 39.4. The van der Waals surface area contributed by atoms with Crippen molar-refractivity contribution in [3.05, 3.63) is 226 Å².